The van der Waals surface area contributed by atoms with E-state index in [-0.39, 0.29) is 24.0 Å². The van der Waals surface area contributed by atoms with Gasteiger partial charge in [0.25, 0.3) is 0 Å². The molecule has 150 valence electrons. The van der Waals surface area contributed by atoms with Crippen molar-refractivity contribution in [3.63, 3.8) is 0 Å². The minimum Gasteiger partial charge on any atom is -0.469 e. The lowest BCUT2D eigenvalue weighted by molar-refractivity contribution is 0.125. The SMILES string of the molecule is CCNC(=NCC(C)CN1CCN(CC)CC1)NCCc1ccco1.I. The Bertz CT molecular complexity index is 486. The molecule has 26 heavy (non-hydrogen) atoms. The summed E-state index contributed by atoms with van der Waals surface area (Å²) in [7, 11) is 0. The Kier molecular flexibility index (Phi) is 12.0. The zero-order chi connectivity index (χ0) is 17.9. The lowest BCUT2D eigenvalue weighted by Gasteiger charge is -2.35. The molecule has 0 aliphatic carbocycles. The van der Waals surface area contributed by atoms with Gasteiger partial charge in [0.1, 0.15) is 5.76 Å². The lowest BCUT2D eigenvalue weighted by Crippen LogP contribution is -2.47. The molecule has 1 saturated heterocycles. The van der Waals surface area contributed by atoms with Crippen LogP contribution in [0.25, 0.3) is 0 Å². The number of piperazine rings is 1. The van der Waals surface area contributed by atoms with Crippen molar-refractivity contribution in [2.75, 3.05) is 58.9 Å². The van der Waals surface area contributed by atoms with Crippen LogP contribution in [-0.2, 0) is 6.42 Å². The molecule has 1 unspecified atom stereocenters. The second-order valence-corrected chi connectivity index (χ2v) is 6.82. The van der Waals surface area contributed by atoms with Crippen LogP contribution in [-0.4, -0.2) is 74.7 Å². The minimum absolute atomic E-state index is 0. The van der Waals surface area contributed by atoms with Gasteiger partial charge < -0.3 is 24.9 Å². The van der Waals surface area contributed by atoms with E-state index in [1.807, 2.05) is 12.1 Å². The molecule has 0 aromatic carbocycles. The molecule has 0 amide bonds. The summed E-state index contributed by atoms with van der Waals surface area (Å²) in [5, 5.41) is 6.71. The highest BCUT2D eigenvalue weighted by atomic mass is 127. The van der Waals surface area contributed by atoms with Crippen molar-refractivity contribution in [1.82, 2.24) is 20.4 Å². The van der Waals surface area contributed by atoms with Gasteiger partial charge in [-0.25, -0.2) is 0 Å². The predicted molar refractivity (Wildman–Crippen MR) is 120 cm³/mol. The number of furan rings is 1. The Labute approximate surface area is 175 Å². The van der Waals surface area contributed by atoms with Crippen molar-refractivity contribution in [1.29, 1.82) is 0 Å². The van der Waals surface area contributed by atoms with E-state index in [9.17, 15) is 0 Å². The molecule has 2 N–H and O–H groups in total. The van der Waals surface area contributed by atoms with E-state index in [1.54, 1.807) is 6.26 Å². The topological polar surface area (TPSA) is 56.0 Å². The van der Waals surface area contributed by atoms with Crippen molar-refractivity contribution in [2.45, 2.75) is 27.2 Å². The zero-order valence-corrected chi connectivity index (χ0v) is 18.9. The molecule has 7 heteroatoms. The van der Waals surface area contributed by atoms with E-state index in [2.05, 4.69) is 41.2 Å². The Morgan fingerprint density at radius 1 is 1.19 bits per heavy atom. The number of nitrogens with zero attached hydrogens (tertiary/aromatic N) is 3. The number of guanidine groups is 1. The van der Waals surface area contributed by atoms with Crippen LogP contribution in [0.3, 0.4) is 0 Å². The third-order valence-electron chi connectivity index (χ3n) is 4.63. The van der Waals surface area contributed by atoms with E-state index in [0.717, 1.165) is 44.3 Å². The first kappa shape index (κ1) is 23.2. The molecule has 0 spiro atoms. The van der Waals surface area contributed by atoms with Gasteiger partial charge in [-0.05, 0) is 31.5 Å². The molecule has 0 radical (unpaired) electrons. The highest BCUT2D eigenvalue weighted by molar-refractivity contribution is 14.0. The van der Waals surface area contributed by atoms with Crippen LogP contribution in [0.5, 0.6) is 0 Å². The van der Waals surface area contributed by atoms with Gasteiger partial charge >= 0.3 is 0 Å². The van der Waals surface area contributed by atoms with Gasteiger partial charge in [-0.15, -0.1) is 24.0 Å². The number of rotatable bonds is 9. The number of hydrogen-bond acceptors (Lipinski definition) is 4. The largest absolute Gasteiger partial charge is 0.469 e. The molecular weight excluding hydrogens is 441 g/mol. The second-order valence-electron chi connectivity index (χ2n) is 6.82. The van der Waals surface area contributed by atoms with Crippen molar-refractivity contribution in [3.05, 3.63) is 24.2 Å². The first-order valence-electron chi connectivity index (χ1n) is 9.70. The summed E-state index contributed by atoms with van der Waals surface area (Å²) in [6.07, 6.45) is 2.59. The number of nitrogens with one attached hydrogen (secondary N) is 2. The summed E-state index contributed by atoms with van der Waals surface area (Å²) in [5.41, 5.74) is 0. The predicted octanol–water partition coefficient (Wildman–Crippen LogP) is 2.27. The Hall–Kier alpha value is -0.800. The molecule has 0 bridgehead atoms. The van der Waals surface area contributed by atoms with Crippen molar-refractivity contribution >= 4 is 29.9 Å². The van der Waals surface area contributed by atoms with Gasteiger partial charge in [0, 0.05) is 58.8 Å². The van der Waals surface area contributed by atoms with Crippen molar-refractivity contribution in [3.8, 4) is 0 Å². The van der Waals surface area contributed by atoms with E-state index in [1.165, 1.54) is 32.7 Å². The molecule has 2 heterocycles. The fraction of sp³-hybridized carbons (Fsp3) is 0.737. The summed E-state index contributed by atoms with van der Waals surface area (Å²) in [6.45, 7) is 16.3. The number of likely N-dealkylation sites (N-methyl/N-ethyl adjacent to an activating group) is 1. The summed E-state index contributed by atoms with van der Waals surface area (Å²) in [5.74, 6) is 2.47. The average molecular weight is 477 g/mol. The van der Waals surface area contributed by atoms with Crippen LogP contribution in [0.4, 0.5) is 0 Å². The van der Waals surface area contributed by atoms with E-state index in [0.29, 0.717) is 5.92 Å². The smallest absolute Gasteiger partial charge is 0.191 e. The van der Waals surface area contributed by atoms with Gasteiger partial charge in [-0.2, -0.15) is 0 Å². The molecule has 1 atom stereocenters. The summed E-state index contributed by atoms with van der Waals surface area (Å²) >= 11 is 0. The molecule has 1 fully saturated rings. The third-order valence-corrected chi connectivity index (χ3v) is 4.63. The summed E-state index contributed by atoms with van der Waals surface area (Å²) in [4.78, 5) is 9.85. The van der Waals surface area contributed by atoms with Crippen LogP contribution >= 0.6 is 24.0 Å². The molecule has 1 aliphatic rings. The van der Waals surface area contributed by atoms with Gasteiger partial charge in [-0.3, -0.25) is 4.99 Å². The molecular formula is C19H36IN5O. The maximum atomic E-state index is 5.36. The summed E-state index contributed by atoms with van der Waals surface area (Å²) < 4.78 is 5.36. The minimum atomic E-state index is 0. The monoisotopic (exact) mass is 477 g/mol. The zero-order valence-electron chi connectivity index (χ0n) is 16.5. The van der Waals surface area contributed by atoms with Gasteiger partial charge in [0.05, 0.1) is 6.26 Å². The maximum Gasteiger partial charge on any atom is 0.191 e. The highest BCUT2D eigenvalue weighted by Gasteiger charge is 2.17. The van der Waals surface area contributed by atoms with Crippen LogP contribution < -0.4 is 10.6 Å². The fourth-order valence-corrected chi connectivity index (χ4v) is 3.13. The van der Waals surface area contributed by atoms with Crippen molar-refractivity contribution in [2.24, 2.45) is 10.9 Å². The van der Waals surface area contributed by atoms with E-state index in [4.69, 9.17) is 9.41 Å². The third kappa shape index (κ3) is 8.73. The van der Waals surface area contributed by atoms with Gasteiger partial charge in [-0.1, -0.05) is 13.8 Å². The normalized spacial score (nSPS) is 17.6. The van der Waals surface area contributed by atoms with E-state index < -0.39 is 0 Å². The summed E-state index contributed by atoms with van der Waals surface area (Å²) in [6, 6.07) is 3.93. The first-order chi connectivity index (χ1) is 12.2. The number of halogens is 1. The van der Waals surface area contributed by atoms with Crippen LogP contribution in [0.1, 0.15) is 26.5 Å². The van der Waals surface area contributed by atoms with Gasteiger partial charge in [0.2, 0.25) is 0 Å². The fourth-order valence-electron chi connectivity index (χ4n) is 3.13. The Morgan fingerprint density at radius 2 is 1.92 bits per heavy atom. The van der Waals surface area contributed by atoms with Gasteiger partial charge in [0.15, 0.2) is 5.96 Å². The molecule has 1 aliphatic heterocycles. The number of hydrogen-bond donors (Lipinski definition) is 2. The Morgan fingerprint density at radius 3 is 2.54 bits per heavy atom. The molecule has 6 nitrogen and oxygen atoms in total. The van der Waals surface area contributed by atoms with Crippen LogP contribution in [0.15, 0.2) is 27.8 Å². The Balaban J connectivity index is 0.00000338. The van der Waals surface area contributed by atoms with Crippen molar-refractivity contribution < 1.29 is 4.42 Å². The van der Waals surface area contributed by atoms with Crippen LogP contribution in [0, 0.1) is 5.92 Å². The quantitative estimate of drug-likeness (QED) is 0.325. The molecule has 0 saturated carbocycles. The maximum absolute atomic E-state index is 5.36. The standard InChI is InChI=1S/C19H35N5O.HI/c1-4-20-19(21-9-8-18-7-6-14-25-18)22-15-17(3)16-24-12-10-23(5-2)11-13-24;/h6-7,14,17H,4-5,8-13,15-16H2,1-3H3,(H2,20,21,22);1H. The highest BCUT2D eigenvalue weighted by Crippen LogP contribution is 2.06. The lowest BCUT2D eigenvalue weighted by atomic mass is 10.1. The molecule has 1 aromatic rings. The number of aliphatic imine (C=N–C) groups is 1. The second kappa shape index (κ2) is 13.4. The van der Waals surface area contributed by atoms with Crippen LogP contribution in [0.2, 0.25) is 0 Å². The molecule has 1 aromatic heterocycles. The molecule has 2 rings (SSSR count). The van der Waals surface area contributed by atoms with E-state index >= 15 is 0 Å². The first-order valence-corrected chi connectivity index (χ1v) is 9.70. The average Bonchev–Trinajstić information content (AvgIpc) is 3.14.